The zero-order valence-corrected chi connectivity index (χ0v) is 21.7. The number of carboxylic acid groups (broad SMARTS) is 2. The fourth-order valence-corrected chi connectivity index (χ4v) is 3.88. The topological polar surface area (TPSA) is 74.6 Å². The van der Waals surface area contributed by atoms with E-state index in [1.807, 2.05) is 0 Å². The number of hydrogen-bond donors (Lipinski definition) is 2. The molecule has 0 spiro atoms. The van der Waals surface area contributed by atoms with E-state index in [0.29, 0.717) is 12.8 Å². The number of rotatable bonds is 24. The smallest absolute Gasteiger partial charge is 0.303 e. The maximum atomic E-state index is 10.3. The molecule has 32 heavy (non-hydrogen) atoms. The summed E-state index contributed by atoms with van der Waals surface area (Å²) in [5.74, 6) is -1.32. The number of carbonyl (C=O) groups is 2. The molecule has 0 aliphatic heterocycles. The van der Waals surface area contributed by atoms with Gasteiger partial charge < -0.3 is 10.2 Å². The number of aliphatic carboxylic acids is 2. The Kier molecular flexibility index (Phi) is 31.0. The maximum Gasteiger partial charge on any atom is 0.303 e. The lowest BCUT2D eigenvalue weighted by atomic mass is 10.0. The van der Waals surface area contributed by atoms with Crippen molar-refractivity contribution in [3.8, 4) is 0 Å². The minimum Gasteiger partial charge on any atom is -0.481 e. The van der Waals surface area contributed by atoms with E-state index in [-0.39, 0.29) is 0 Å². The minimum absolute atomic E-state index is 0.341. The minimum atomic E-state index is -0.663. The third kappa shape index (κ3) is 36.3. The van der Waals surface area contributed by atoms with E-state index in [2.05, 4.69) is 13.8 Å². The van der Waals surface area contributed by atoms with Crippen LogP contribution in [0.25, 0.3) is 0 Å². The molecule has 0 bridgehead atoms. The van der Waals surface area contributed by atoms with Crippen molar-refractivity contribution in [3.05, 3.63) is 0 Å². The van der Waals surface area contributed by atoms with E-state index in [1.54, 1.807) is 0 Å². The van der Waals surface area contributed by atoms with Gasteiger partial charge in [0.05, 0.1) is 0 Å². The van der Waals surface area contributed by atoms with Crippen molar-refractivity contribution < 1.29 is 19.8 Å². The quantitative estimate of drug-likeness (QED) is 0.142. The maximum absolute atomic E-state index is 10.3. The average molecular weight is 457 g/mol. The molecule has 4 heteroatoms. The van der Waals surface area contributed by atoms with Crippen LogP contribution in [0.3, 0.4) is 0 Å². The molecule has 0 atom stereocenters. The van der Waals surface area contributed by atoms with Gasteiger partial charge in [0, 0.05) is 12.8 Å². The van der Waals surface area contributed by atoms with Gasteiger partial charge in [0.15, 0.2) is 0 Å². The monoisotopic (exact) mass is 456 g/mol. The van der Waals surface area contributed by atoms with E-state index >= 15 is 0 Å². The van der Waals surface area contributed by atoms with Crippen LogP contribution in [-0.2, 0) is 9.59 Å². The van der Waals surface area contributed by atoms with Gasteiger partial charge in [-0.1, -0.05) is 142 Å². The lowest BCUT2D eigenvalue weighted by Gasteiger charge is -2.03. The predicted octanol–water partition coefficient (Wildman–Crippen LogP) is 9.54. The van der Waals surface area contributed by atoms with Gasteiger partial charge in [-0.15, -0.1) is 0 Å². The molecule has 0 saturated heterocycles. The molecule has 0 aromatic carbocycles. The Labute approximate surface area is 200 Å². The Morgan fingerprint density at radius 1 is 0.375 bits per heavy atom. The van der Waals surface area contributed by atoms with E-state index in [9.17, 15) is 9.59 Å². The number of hydrogen-bond acceptors (Lipinski definition) is 2. The zero-order chi connectivity index (χ0) is 24.1. The van der Waals surface area contributed by atoms with Crippen LogP contribution in [0.15, 0.2) is 0 Å². The molecule has 0 unspecified atom stereocenters. The molecule has 0 fully saturated rings. The first-order valence-electron chi connectivity index (χ1n) is 14.0. The fraction of sp³-hybridized carbons (Fsp3) is 0.929. The second-order valence-electron chi connectivity index (χ2n) is 9.36. The van der Waals surface area contributed by atoms with Crippen LogP contribution < -0.4 is 0 Å². The van der Waals surface area contributed by atoms with E-state index in [1.165, 1.54) is 116 Å². The molecule has 0 rings (SSSR count). The van der Waals surface area contributed by atoms with Crippen LogP contribution in [0.2, 0.25) is 0 Å². The normalized spacial score (nSPS) is 10.6. The third-order valence-electron chi connectivity index (χ3n) is 5.99. The van der Waals surface area contributed by atoms with Gasteiger partial charge >= 0.3 is 11.9 Å². The van der Waals surface area contributed by atoms with Gasteiger partial charge in [0.2, 0.25) is 0 Å². The summed E-state index contributed by atoms with van der Waals surface area (Å²) >= 11 is 0. The molecule has 0 aromatic heterocycles. The van der Waals surface area contributed by atoms with Crippen LogP contribution >= 0.6 is 0 Å². The number of carboxylic acids is 2. The van der Waals surface area contributed by atoms with Crippen molar-refractivity contribution in [2.45, 2.75) is 168 Å². The second kappa shape index (κ2) is 29.9. The first-order valence-corrected chi connectivity index (χ1v) is 14.0. The van der Waals surface area contributed by atoms with Gasteiger partial charge in [-0.05, 0) is 12.8 Å². The number of unbranched alkanes of at least 4 members (excludes halogenated alkanes) is 20. The summed E-state index contributed by atoms with van der Waals surface area (Å²) in [6.07, 6.45) is 28.8. The summed E-state index contributed by atoms with van der Waals surface area (Å²) in [5.41, 5.74) is 0. The average Bonchev–Trinajstić information content (AvgIpc) is 2.76. The fourth-order valence-electron chi connectivity index (χ4n) is 3.88. The van der Waals surface area contributed by atoms with Crippen molar-refractivity contribution in [3.63, 3.8) is 0 Å². The Morgan fingerprint density at radius 3 is 0.750 bits per heavy atom. The molecule has 0 aliphatic rings. The van der Waals surface area contributed by atoms with Crippen LogP contribution in [-0.4, -0.2) is 22.2 Å². The molecule has 0 saturated carbocycles. The van der Waals surface area contributed by atoms with Crippen molar-refractivity contribution >= 4 is 11.9 Å². The van der Waals surface area contributed by atoms with Crippen LogP contribution in [0.1, 0.15) is 168 Å². The summed E-state index contributed by atoms with van der Waals surface area (Å²) in [6, 6.07) is 0. The summed E-state index contributed by atoms with van der Waals surface area (Å²) in [7, 11) is 0. The van der Waals surface area contributed by atoms with E-state index in [0.717, 1.165) is 25.7 Å². The van der Waals surface area contributed by atoms with Gasteiger partial charge in [-0.2, -0.15) is 0 Å². The molecule has 0 radical (unpaired) electrons. The summed E-state index contributed by atoms with van der Waals surface area (Å²) in [4.78, 5) is 20.5. The standard InChI is InChI=1S/C18H36O2.C10H20O2/c1-2-3-4-5-6-7-8-9-10-11-12-13-14-15-16-17-18(19)20;1-2-3-4-5-6-7-8-9-10(11)12/h2-17H2,1H3,(H,19,20);2-9H2,1H3,(H,11,12). The molecule has 4 nitrogen and oxygen atoms in total. The Bertz CT molecular complexity index is 382. The first-order chi connectivity index (χ1) is 15.5. The molecule has 2 N–H and O–H groups in total. The van der Waals surface area contributed by atoms with Crippen molar-refractivity contribution in [1.82, 2.24) is 0 Å². The molecule has 0 aromatic rings. The van der Waals surface area contributed by atoms with Crippen molar-refractivity contribution in [2.24, 2.45) is 0 Å². The van der Waals surface area contributed by atoms with Crippen LogP contribution in [0, 0.1) is 0 Å². The first kappa shape index (κ1) is 33.1. The molecule has 192 valence electrons. The largest absolute Gasteiger partial charge is 0.481 e. The zero-order valence-electron chi connectivity index (χ0n) is 21.7. The molecular weight excluding hydrogens is 400 g/mol. The van der Waals surface area contributed by atoms with Gasteiger partial charge in [-0.25, -0.2) is 0 Å². The second-order valence-corrected chi connectivity index (χ2v) is 9.36. The molecule has 0 amide bonds. The highest BCUT2D eigenvalue weighted by Gasteiger charge is 1.97. The van der Waals surface area contributed by atoms with Crippen molar-refractivity contribution in [2.75, 3.05) is 0 Å². The SMILES string of the molecule is CCCCCCCCCC(=O)O.CCCCCCCCCCCCCCCCCC(=O)O. The Balaban J connectivity index is 0. The summed E-state index contributed by atoms with van der Waals surface area (Å²) < 4.78 is 0. The predicted molar refractivity (Wildman–Crippen MR) is 137 cm³/mol. The van der Waals surface area contributed by atoms with E-state index < -0.39 is 11.9 Å². The lowest BCUT2D eigenvalue weighted by Crippen LogP contribution is -1.93. The highest BCUT2D eigenvalue weighted by atomic mass is 16.4. The molecule has 0 heterocycles. The van der Waals surface area contributed by atoms with Crippen LogP contribution in [0.4, 0.5) is 0 Å². The highest BCUT2D eigenvalue weighted by molar-refractivity contribution is 5.66. The van der Waals surface area contributed by atoms with Gasteiger partial charge in [0.1, 0.15) is 0 Å². The lowest BCUT2D eigenvalue weighted by molar-refractivity contribution is -0.138. The van der Waals surface area contributed by atoms with Gasteiger partial charge in [0.25, 0.3) is 0 Å². The Hall–Kier alpha value is -1.06. The molecule has 0 aliphatic carbocycles. The van der Waals surface area contributed by atoms with E-state index in [4.69, 9.17) is 10.2 Å². The summed E-state index contributed by atoms with van der Waals surface area (Å²) in [6.45, 7) is 4.47. The highest BCUT2D eigenvalue weighted by Crippen LogP contribution is 2.13. The molecular formula is C28H56O4. The Morgan fingerprint density at radius 2 is 0.562 bits per heavy atom. The van der Waals surface area contributed by atoms with Crippen LogP contribution in [0.5, 0.6) is 0 Å². The summed E-state index contributed by atoms with van der Waals surface area (Å²) in [5, 5.41) is 16.9. The third-order valence-corrected chi connectivity index (χ3v) is 5.99. The van der Waals surface area contributed by atoms with Gasteiger partial charge in [-0.3, -0.25) is 9.59 Å². The van der Waals surface area contributed by atoms with Crippen molar-refractivity contribution in [1.29, 1.82) is 0 Å².